The summed E-state index contributed by atoms with van der Waals surface area (Å²) >= 11 is 0. The van der Waals surface area contributed by atoms with Gasteiger partial charge in [-0.15, -0.1) is 0 Å². The number of amides is 1. The fraction of sp³-hybridized carbons (Fsp3) is 0.300. The Kier molecular flexibility index (Phi) is 3.99. The normalized spacial score (nSPS) is 15.7. The van der Waals surface area contributed by atoms with Gasteiger partial charge < -0.3 is 9.88 Å². The van der Waals surface area contributed by atoms with Crippen LogP contribution in [0.5, 0.6) is 0 Å². The van der Waals surface area contributed by atoms with Crippen molar-refractivity contribution in [2.24, 2.45) is 0 Å². The summed E-state index contributed by atoms with van der Waals surface area (Å²) in [7, 11) is 0. The summed E-state index contributed by atoms with van der Waals surface area (Å²) in [6.07, 6.45) is 1.72. The molecule has 128 valence electrons. The molecule has 2 heterocycles. The summed E-state index contributed by atoms with van der Waals surface area (Å²) in [4.78, 5) is 22.4. The largest absolute Gasteiger partial charge is 0.342 e. The molecule has 1 aliphatic rings. The Morgan fingerprint density at radius 1 is 1.20 bits per heavy atom. The first-order valence-electron chi connectivity index (χ1n) is 8.61. The van der Waals surface area contributed by atoms with E-state index in [0.29, 0.717) is 24.6 Å². The Balaban J connectivity index is 1.46. The van der Waals surface area contributed by atoms with E-state index in [9.17, 15) is 9.18 Å². The van der Waals surface area contributed by atoms with Crippen LogP contribution in [0.2, 0.25) is 0 Å². The lowest BCUT2D eigenvalue weighted by molar-refractivity contribution is 0.0711. The lowest BCUT2D eigenvalue weighted by atomic mass is 9.95. The first kappa shape index (κ1) is 15.8. The number of likely N-dealkylation sites (tertiary alicyclic amines) is 1. The van der Waals surface area contributed by atoms with Crippen molar-refractivity contribution in [2.45, 2.75) is 25.7 Å². The average Bonchev–Trinajstić information content (AvgIpc) is 3.04. The molecular weight excluding hydrogens is 317 g/mol. The topological polar surface area (TPSA) is 49.0 Å². The maximum atomic E-state index is 13.3. The minimum absolute atomic E-state index is 0.0989. The Morgan fingerprint density at radius 3 is 2.76 bits per heavy atom. The molecule has 0 bridgehead atoms. The van der Waals surface area contributed by atoms with Crippen LogP contribution in [-0.4, -0.2) is 33.9 Å². The SMILES string of the molecule is Cc1ccc2nc(C3CCN(C(=O)c4cccc(F)c4)CC3)[nH]c2c1. The van der Waals surface area contributed by atoms with E-state index in [-0.39, 0.29) is 11.7 Å². The Hall–Kier alpha value is -2.69. The number of hydrogen-bond donors (Lipinski definition) is 1. The van der Waals surface area contributed by atoms with Crippen LogP contribution < -0.4 is 0 Å². The number of rotatable bonds is 2. The number of piperidine rings is 1. The molecule has 1 aliphatic heterocycles. The van der Waals surface area contributed by atoms with E-state index < -0.39 is 0 Å². The van der Waals surface area contributed by atoms with Crippen LogP contribution >= 0.6 is 0 Å². The highest BCUT2D eigenvalue weighted by Gasteiger charge is 2.26. The molecule has 1 N–H and O–H groups in total. The van der Waals surface area contributed by atoms with Crippen LogP contribution in [0.25, 0.3) is 11.0 Å². The van der Waals surface area contributed by atoms with E-state index in [2.05, 4.69) is 24.0 Å². The third-order valence-electron chi connectivity index (χ3n) is 4.90. The van der Waals surface area contributed by atoms with Crippen molar-refractivity contribution in [3.8, 4) is 0 Å². The molecule has 1 saturated heterocycles. The van der Waals surface area contributed by atoms with Crippen molar-refractivity contribution in [1.82, 2.24) is 14.9 Å². The van der Waals surface area contributed by atoms with Crippen LogP contribution in [0.15, 0.2) is 42.5 Å². The van der Waals surface area contributed by atoms with E-state index in [4.69, 9.17) is 4.98 Å². The first-order valence-corrected chi connectivity index (χ1v) is 8.61. The minimum atomic E-state index is -0.377. The smallest absolute Gasteiger partial charge is 0.253 e. The number of hydrogen-bond acceptors (Lipinski definition) is 2. The molecule has 1 amide bonds. The number of halogens is 1. The molecule has 1 fully saturated rings. The number of aryl methyl sites for hydroxylation is 1. The molecular formula is C20H20FN3O. The zero-order valence-corrected chi connectivity index (χ0v) is 14.1. The Bertz CT molecular complexity index is 926. The van der Waals surface area contributed by atoms with E-state index in [1.807, 2.05) is 6.07 Å². The van der Waals surface area contributed by atoms with Crippen LogP contribution in [0.4, 0.5) is 4.39 Å². The van der Waals surface area contributed by atoms with Gasteiger partial charge in [-0.1, -0.05) is 12.1 Å². The van der Waals surface area contributed by atoms with Crippen LogP contribution in [0.3, 0.4) is 0 Å². The van der Waals surface area contributed by atoms with Crippen molar-refractivity contribution in [3.05, 3.63) is 65.2 Å². The quantitative estimate of drug-likeness (QED) is 0.767. The van der Waals surface area contributed by atoms with Crippen LogP contribution in [0.1, 0.15) is 40.5 Å². The van der Waals surface area contributed by atoms with Crippen molar-refractivity contribution in [1.29, 1.82) is 0 Å². The van der Waals surface area contributed by atoms with Gasteiger partial charge in [-0.2, -0.15) is 0 Å². The highest BCUT2D eigenvalue weighted by atomic mass is 19.1. The molecule has 0 radical (unpaired) electrons. The van der Waals surface area contributed by atoms with Crippen molar-refractivity contribution in [2.75, 3.05) is 13.1 Å². The Morgan fingerprint density at radius 2 is 2.00 bits per heavy atom. The number of fused-ring (bicyclic) bond motifs is 1. The number of carbonyl (C=O) groups excluding carboxylic acids is 1. The second kappa shape index (κ2) is 6.31. The summed E-state index contributed by atoms with van der Waals surface area (Å²) in [6, 6.07) is 12.1. The molecule has 2 aromatic carbocycles. The summed E-state index contributed by atoms with van der Waals surface area (Å²) in [5.74, 6) is 0.846. The second-order valence-corrected chi connectivity index (χ2v) is 6.72. The second-order valence-electron chi connectivity index (χ2n) is 6.72. The first-order chi connectivity index (χ1) is 12.1. The van der Waals surface area contributed by atoms with Gasteiger partial charge in [-0.3, -0.25) is 4.79 Å². The third-order valence-corrected chi connectivity index (χ3v) is 4.90. The van der Waals surface area contributed by atoms with E-state index in [0.717, 1.165) is 29.7 Å². The predicted molar refractivity (Wildman–Crippen MR) is 95.1 cm³/mol. The molecule has 0 unspecified atom stereocenters. The number of nitrogens with zero attached hydrogens (tertiary/aromatic N) is 2. The molecule has 0 spiro atoms. The van der Waals surface area contributed by atoms with Crippen molar-refractivity contribution >= 4 is 16.9 Å². The number of benzene rings is 2. The lowest BCUT2D eigenvalue weighted by Crippen LogP contribution is -2.38. The summed E-state index contributed by atoms with van der Waals surface area (Å²) in [6.45, 7) is 3.39. The van der Waals surface area contributed by atoms with E-state index in [1.54, 1.807) is 17.0 Å². The van der Waals surface area contributed by atoms with Crippen LogP contribution in [-0.2, 0) is 0 Å². The number of aromatic nitrogens is 2. The molecule has 5 heteroatoms. The molecule has 1 aromatic heterocycles. The standard InChI is InChI=1S/C20H20FN3O/c1-13-5-6-17-18(11-13)23-19(22-17)14-7-9-24(10-8-14)20(25)15-3-2-4-16(21)12-15/h2-6,11-12,14H,7-10H2,1H3,(H,22,23). The van der Waals surface area contributed by atoms with Gasteiger partial charge in [0.15, 0.2) is 0 Å². The van der Waals surface area contributed by atoms with Crippen LogP contribution in [0, 0.1) is 12.7 Å². The molecule has 3 aromatic rings. The minimum Gasteiger partial charge on any atom is -0.342 e. The highest BCUT2D eigenvalue weighted by Crippen LogP contribution is 2.28. The summed E-state index contributed by atoms with van der Waals surface area (Å²) in [5, 5.41) is 0. The van der Waals surface area contributed by atoms with Gasteiger partial charge in [-0.25, -0.2) is 9.37 Å². The third kappa shape index (κ3) is 3.14. The van der Waals surface area contributed by atoms with Gasteiger partial charge in [0, 0.05) is 24.6 Å². The molecule has 25 heavy (non-hydrogen) atoms. The number of imidazole rings is 1. The fourth-order valence-electron chi connectivity index (χ4n) is 3.50. The van der Waals surface area contributed by atoms with Gasteiger partial charge in [0.25, 0.3) is 5.91 Å². The van der Waals surface area contributed by atoms with Gasteiger partial charge >= 0.3 is 0 Å². The predicted octanol–water partition coefficient (Wildman–Crippen LogP) is 4.03. The molecule has 4 rings (SSSR count). The molecule has 0 atom stereocenters. The zero-order valence-electron chi connectivity index (χ0n) is 14.1. The van der Waals surface area contributed by atoms with Crippen molar-refractivity contribution < 1.29 is 9.18 Å². The fourth-order valence-corrected chi connectivity index (χ4v) is 3.50. The molecule has 0 aliphatic carbocycles. The molecule has 0 saturated carbocycles. The maximum Gasteiger partial charge on any atom is 0.253 e. The lowest BCUT2D eigenvalue weighted by Gasteiger charge is -2.31. The number of carbonyl (C=O) groups is 1. The van der Waals surface area contributed by atoms with Gasteiger partial charge in [0.2, 0.25) is 0 Å². The number of nitrogens with one attached hydrogen (secondary N) is 1. The monoisotopic (exact) mass is 337 g/mol. The highest BCUT2D eigenvalue weighted by molar-refractivity contribution is 5.94. The Labute approximate surface area is 145 Å². The zero-order chi connectivity index (χ0) is 17.4. The van der Waals surface area contributed by atoms with Crippen molar-refractivity contribution in [3.63, 3.8) is 0 Å². The summed E-state index contributed by atoms with van der Waals surface area (Å²) < 4.78 is 13.3. The summed E-state index contributed by atoms with van der Waals surface area (Å²) in [5.41, 5.74) is 3.67. The average molecular weight is 337 g/mol. The van der Waals surface area contributed by atoms with Gasteiger partial charge in [-0.05, 0) is 55.7 Å². The van der Waals surface area contributed by atoms with Gasteiger partial charge in [0.1, 0.15) is 11.6 Å². The molecule has 4 nitrogen and oxygen atoms in total. The number of aromatic amines is 1. The van der Waals surface area contributed by atoms with E-state index >= 15 is 0 Å². The van der Waals surface area contributed by atoms with E-state index in [1.165, 1.54) is 17.7 Å². The maximum absolute atomic E-state index is 13.3. The van der Waals surface area contributed by atoms with Gasteiger partial charge in [0.05, 0.1) is 11.0 Å². The number of H-pyrrole nitrogens is 1.